The molecule has 204 valence electrons. The van der Waals surface area contributed by atoms with E-state index in [-0.39, 0.29) is 12.5 Å². The second-order valence-corrected chi connectivity index (χ2v) is 10.4. The van der Waals surface area contributed by atoms with Gasteiger partial charge in [-0.2, -0.15) is 0 Å². The van der Waals surface area contributed by atoms with Gasteiger partial charge in [0.05, 0.1) is 5.92 Å². The summed E-state index contributed by atoms with van der Waals surface area (Å²) in [6.45, 7) is 2.04. The maximum absolute atomic E-state index is 13.8. The third-order valence-electron chi connectivity index (χ3n) is 7.57. The lowest BCUT2D eigenvalue weighted by molar-refractivity contribution is -0.154. The molecule has 0 fully saturated rings. The van der Waals surface area contributed by atoms with Crippen molar-refractivity contribution in [3.8, 4) is 11.1 Å². The van der Waals surface area contributed by atoms with E-state index in [9.17, 15) is 14.7 Å². The van der Waals surface area contributed by atoms with E-state index in [1.54, 1.807) is 6.92 Å². The van der Waals surface area contributed by atoms with Gasteiger partial charge in [0, 0.05) is 24.0 Å². The van der Waals surface area contributed by atoms with Gasteiger partial charge in [-0.1, -0.05) is 97.1 Å². The second-order valence-electron chi connectivity index (χ2n) is 10.1. The van der Waals surface area contributed by atoms with Crippen LogP contribution in [0.25, 0.3) is 11.1 Å². The third-order valence-corrected chi connectivity index (χ3v) is 7.84. The molecule has 5 nitrogen and oxygen atoms in total. The molecule has 0 heterocycles. The zero-order valence-corrected chi connectivity index (χ0v) is 23.1. The molecule has 40 heavy (non-hydrogen) atoms. The number of halogens is 1. The van der Waals surface area contributed by atoms with Crippen molar-refractivity contribution < 1.29 is 19.4 Å². The molecule has 1 aliphatic rings. The summed E-state index contributed by atoms with van der Waals surface area (Å²) in [5.41, 5.74) is 7.25. The molecular weight excluding hydrogens is 522 g/mol. The normalized spacial score (nSPS) is 15.0. The van der Waals surface area contributed by atoms with Gasteiger partial charge in [-0.15, -0.1) is 11.6 Å². The zero-order valence-electron chi connectivity index (χ0n) is 22.4. The first kappa shape index (κ1) is 27.5. The number of hydrogen-bond acceptors (Lipinski definition) is 4. The van der Waals surface area contributed by atoms with E-state index in [0.29, 0.717) is 18.8 Å². The van der Waals surface area contributed by atoms with E-state index < -0.39 is 23.9 Å². The number of hydrogen-bond donors (Lipinski definition) is 1. The Kier molecular flexibility index (Phi) is 8.51. The Morgan fingerprint density at radius 1 is 0.875 bits per heavy atom. The Labute approximate surface area is 240 Å². The van der Waals surface area contributed by atoms with Gasteiger partial charge in [0.25, 0.3) is 0 Å². The quantitative estimate of drug-likeness (QED) is 0.139. The van der Waals surface area contributed by atoms with Crippen LogP contribution in [0.5, 0.6) is 0 Å². The van der Waals surface area contributed by atoms with E-state index in [1.807, 2.05) is 77.7 Å². The predicted octanol–water partition coefficient (Wildman–Crippen LogP) is 7.12. The van der Waals surface area contributed by atoms with E-state index in [1.165, 1.54) is 5.56 Å². The lowest BCUT2D eigenvalue weighted by atomic mass is 9.87. The first-order valence-corrected chi connectivity index (χ1v) is 14.1. The average Bonchev–Trinajstić information content (AvgIpc) is 3.33. The predicted molar refractivity (Wildman–Crippen MR) is 159 cm³/mol. The number of esters is 1. The molecule has 1 N–H and O–H groups in total. The molecule has 5 rings (SSSR count). The fraction of sp³-hybridized carbons (Fsp3) is 0.235. The highest BCUT2D eigenvalue weighted by atomic mass is 35.5. The average molecular weight is 554 g/mol. The Hall–Kier alpha value is -4.09. The number of anilines is 1. The smallest absolute Gasteiger partial charge is 0.329 e. The molecule has 4 aromatic rings. The molecule has 6 heteroatoms. The highest BCUT2D eigenvalue weighted by Gasteiger charge is 2.40. The number of carboxylic acid groups (broad SMARTS) is 1. The van der Waals surface area contributed by atoms with Crippen molar-refractivity contribution in [1.29, 1.82) is 0 Å². The second kappa shape index (κ2) is 12.4. The van der Waals surface area contributed by atoms with Crippen molar-refractivity contribution >= 4 is 29.2 Å². The fourth-order valence-corrected chi connectivity index (χ4v) is 5.79. The molecule has 0 radical (unpaired) electrons. The zero-order chi connectivity index (χ0) is 28.1. The Balaban J connectivity index is 1.63. The van der Waals surface area contributed by atoms with Crippen LogP contribution >= 0.6 is 11.6 Å². The molecule has 0 aliphatic heterocycles. The van der Waals surface area contributed by atoms with E-state index in [0.717, 1.165) is 33.5 Å². The van der Waals surface area contributed by atoms with Crippen LogP contribution in [0.1, 0.15) is 41.5 Å². The number of alkyl halides is 1. The van der Waals surface area contributed by atoms with Crippen molar-refractivity contribution in [1.82, 2.24) is 0 Å². The minimum Gasteiger partial charge on any atom is -0.481 e. The van der Waals surface area contributed by atoms with Crippen molar-refractivity contribution in [2.45, 2.75) is 31.9 Å². The summed E-state index contributed by atoms with van der Waals surface area (Å²) < 4.78 is 5.76. The number of fused-ring (bicyclic) bond motifs is 3. The molecule has 0 aromatic heterocycles. The van der Waals surface area contributed by atoms with Gasteiger partial charge in [-0.05, 0) is 52.8 Å². The van der Waals surface area contributed by atoms with E-state index in [4.69, 9.17) is 16.3 Å². The third kappa shape index (κ3) is 5.47. The molecule has 4 aromatic carbocycles. The minimum atomic E-state index is -1.06. The lowest BCUT2D eigenvalue weighted by Gasteiger charge is -2.36. The van der Waals surface area contributed by atoms with E-state index >= 15 is 0 Å². The van der Waals surface area contributed by atoms with Gasteiger partial charge in [0.2, 0.25) is 0 Å². The molecular formula is C34H32ClNO4. The number of aliphatic carboxylic acids is 1. The molecule has 0 saturated heterocycles. The molecule has 3 atom stereocenters. The van der Waals surface area contributed by atoms with Gasteiger partial charge in [0.1, 0.15) is 12.6 Å². The SMILES string of the molecule is CC(C(=O)O)[C@H](C(=O)OCc1ccccc1)N(CCCCl)c1cccc2c1C(c1ccccc1)c1ccccc1-2. The summed E-state index contributed by atoms with van der Waals surface area (Å²) in [6, 6.07) is 33.0. The molecule has 1 aliphatic carbocycles. The first-order chi connectivity index (χ1) is 19.5. The van der Waals surface area contributed by atoms with Crippen LogP contribution in [-0.2, 0) is 20.9 Å². The van der Waals surface area contributed by atoms with Crippen LogP contribution in [0.3, 0.4) is 0 Å². The highest BCUT2D eigenvalue weighted by molar-refractivity contribution is 6.17. The highest BCUT2D eigenvalue weighted by Crippen LogP contribution is 2.52. The first-order valence-electron chi connectivity index (χ1n) is 13.5. The topological polar surface area (TPSA) is 66.8 Å². The molecule has 0 bridgehead atoms. The van der Waals surface area contributed by atoms with Gasteiger partial charge in [-0.3, -0.25) is 4.79 Å². The van der Waals surface area contributed by atoms with Crippen molar-refractivity contribution in [3.05, 3.63) is 125 Å². The Morgan fingerprint density at radius 2 is 1.52 bits per heavy atom. The summed E-state index contributed by atoms with van der Waals surface area (Å²) in [5.74, 6) is -2.34. The summed E-state index contributed by atoms with van der Waals surface area (Å²) in [7, 11) is 0. The van der Waals surface area contributed by atoms with Gasteiger partial charge >= 0.3 is 11.9 Å². The van der Waals surface area contributed by atoms with Crippen molar-refractivity contribution in [3.63, 3.8) is 0 Å². The van der Waals surface area contributed by atoms with Crippen LogP contribution in [0.2, 0.25) is 0 Å². The number of nitrogens with zero attached hydrogens (tertiary/aromatic N) is 1. The van der Waals surface area contributed by atoms with Gasteiger partial charge < -0.3 is 14.7 Å². The maximum atomic E-state index is 13.8. The molecule has 0 saturated carbocycles. The van der Waals surface area contributed by atoms with E-state index in [2.05, 4.69) is 30.3 Å². The molecule has 2 unspecified atom stereocenters. The number of carbonyl (C=O) groups is 2. The van der Waals surface area contributed by atoms with Crippen LogP contribution in [0.4, 0.5) is 5.69 Å². The largest absolute Gasteiger partial charge is 0.481 e. The van der Waals surface area contributed by atoms with Crippen molar-refractivity contribution in [2.24, 2.45) is 5.92 Å². The summed E-state index contributed by atoms with van der Waals surface area (Å²) in [4.78, 5) is 28.0. The number of rotatable bonds is 11. The van der Waals surface area contributed by atoms with Crippen LogP contribution in [-0.4, -0.2) is 35.5 Å². The summed E-state index contributed by atoms with van der Waals surface area (Å²) in [6.07, 6.45) is 0.572. The van der Waals surface area contributed by atoms with Crippen LogP contribution in [0, 0.1) is 5.92 Å². The minimum absolute atomic E-state index is 0.0663. The standard InChI is InChI=1S/C34H32ClNO4/c1-23(33(37)38)32(34(39)40-22-24-12-4-2-5-13-24)36(21-11-20-35)29-19-10-18-28-26-16-8-9-17-27(26)30(31(28)29)25-14-6-3-7-15-25/h2-10,12-19,23,30,32H,11,20-22H2,1H3,(H,37,38)/t23?,30?,32-/m1/s1. The summed E-state index contributed by atoms with van der Waals surface area (Å²) in [5, 5.41) is 10.1. The number of carboxylic acids is 1. The summed E-state index contributed by atoms with van der Waals surface area (Å²) >= 11 is 6.16. The molecule has 0 amide bonds. The maximum Gasteiger partial charge on any atom is 0.329 e. The number of benzene rings is 4. The Morgan fingerprint density at radius 3 is 2.23 bits per heavy atom. The number of carbonyl (C=O) groups excluding carboxylic acids is 1. The fourth-order valence-electron chi connectivity index (χ4n) is 5.67. The monoisotopic (exact) mass is 553 g/mol. The number of ether oxygens (including phenoxy) is 1. The van der Waals surface area contributed by atoms with Crippen molar-refractivity contribution in [2.75, 3.05) is 17.3 Å². The van der Waals surface area contributed by atoms with Crippen LogP contribution < -0.4 is 4.90 Å². The van der Waals surface area contributed by atoms with Gasteiger partial charge in [-0.25, -0.2) is 4.79 Å². The van der Waals surface area contributed by atoms with Crippen LogP contribution in [0.15, 0.2) is 103 Å². The lowest BCUT2D eigenvalue weighted by Crippen LogP contribution is -2.49. The molecule has 0 spiro atoms. The Bertz CT molecular complexity index is 1470. The van der Waals surface area contributed by atoms with Gasteiger partial charge in [0.15, 0.2) is 0 Å².